The highest BCUT2D eigenvalue weighted by Gasteiger charge is 2.31. The average Bonchev–Trinajstić information content (AvgIpc) is 3.29. The summed E-state index contributed by atoms with van der Waals surface area (Å²) in [7, 11) is -3.87. The van der Waals surface area contributed by atoms with Gasteiger partial charge in [-0.2, -0.15) is 4.98 Å². The van der Waals surface area contributed by atoms with Gasteiger partial charge in [0.15, 0.2) is 0 Å². The van der Waals surface area contributed by atoms with Crippen molar-refractivity contribution in [1.29, 1.82) is 0 Å². The second kappa shape index (κ2) is 9.38. The molecule has 2 atom stereocenters. The number of primary sulfonamides is 1. The third kappa shape index (κ3) is 5.44. The molecule has 0 radical (unpaired) electrons. The van der Waals surface area contributed by atoms with Gasteiger partial charge in [0, 0.05) is 17.8 Å². The summed E-state index contributed by atoms with van der Waals surface area (Å²) in [5.74, 6) is 0.0643. The number of nitrogens with zero attached hydrogens (tertiary/aromatic N) is 3. The SMILES string of the molecule is CC(C(=O)Nc1cccc(S(N)(=O)=O)c1)N1CCCC(c2nc(-c3cccc(F)c3)no2)C1. The fourth-order valence-electron chi connectivity index (χ4n) is 3.87. The molecule has 0 spiro atoms. The molecule has 1 saturated heterocycles. The summed E-state index contributed by atoms with van der Waals surface area (Å²) >= 11 is 0. The van der Waals surface area contributed by atoms with Gasteiger partial charge >= 0.3 is 0 Å². The average molecular weight is 474 g/mol. The monoisotopic (exact) mass is 473 g/mol. The summed E-state index contributed by atoms with van der Waals surface area (Å²) in [6.45, 7) is 3.04. The third-order valence-corrected chi connectivity index (χ3v) is 6.59. The van der Waals surface area contributed by atoms with E-state index in [9.17, 15) is 17.6 Å². The first-order valence-corrected chi connectivity index (χ1v) is 12.0. The Balaban J connectivity index is 1.42. The molecule has 0 aliphatic carbocycles. The number of halogens is 1. The fraction of sp³-hybridized carbons (Fsp3) is 0.318. The van der Waals surface area contributed by atoms with Crippen LogP contribution in [0.3, 0.4) is 0 Å². The molecule has 4 rings (SSSR count). The number of likely N-dealkylation sites (tertiary alicyclic amines) is 1. The topological polar surface area (TPSA) is 131 Å². The van der Waals surface area contributed by atoms with Crippen molar-refractivity contribution < 1.29 is 22.1 Å². The zero-order chi connectivity index (χ0) is 23.6. The molecule has 9 nitrogen and oxygen atoms in total. The van der Waals surface area contributed by atoms with Crippen LogP contribution in [0.2, 0.25) is 0 Å². The maximum absolute atomic E-state index is 13.5. The molecule has 1 aliphatic rings. The van der Waals surface area contributed by atoms with E-state index in [0.717, 1.165) is 12.8 Å². The lowest BCUT2D eigenvalue weighted by Gasteiger charge is -2.34. The molecule has 3 N–H and O–H groups in total. The van der Waals surface area contributed by atoms with E-state index in [-0.39, 0.29) is 22.5 Å². The second-order valence-corrected chi connectivity index (χ2v) is 9.60. The van der Waals surface area contributed by atoms with E-state index in [1.165, 1.54) is 30.3 Å². The Bertz CT molecular complexity index is 1260. The van der Waals surface area contributed by atoms with Crippen LogP contribution in [0.1, 0.15) is 31.6 Å². The highest BCUT2D eigenvalue weighted by molar-refractivity contribution is 7.89. The highest BCUT2D eigenvalue weighted by atomic mass is 32.2. The van der Waals surface area contributed by atoms with E-state index in [1.807, 2.05) is 4.90 Å². The van der Waals surface area contributed by atoms with Crippen LogP contribution in [0.15, 0.2) is 57.9 Å². The van der Waals surface area contributed by atoms with Gasteiger partial charge in [0.25, 0.3) is 0 Å². The zero-order valence-electron chi connectivity index (χ0n) is 17.9. The Hall–Kier alpha value is -3.15. The van der Waals surface area contributed by atoms with Crippen LogP contribution in [0.4, 0.5) is 10.1 Å². The number of nitrogens with one attached hydrogen (secondary N) is 1. The molecule has 11 heteroatoms. The van der Waals surface area contributed by atoms with Crippen molar-refractivity contribution in [3.8, 4) is 11.4 Å². The largest absolute Gasteiger partial charge is 0.339 e. The van der Waals surface area contributed by atoms with Gasteiger partial charge in [-0.05, 0) is 56.6 Å². The van der Waals surface area contributed by atoms with E-state index < -0.39 is 16.1 Å². The molecule has 0 saturated carbocycles. The van der Waals surface area contributed by atoms with Crippen LogP contribution in [-0.4, -0.2) is 48.5 Å². The lowest BCUT2D eigenvalue weighted by atomic mass is 9.96. The number of piperidine rings is 1. The number of rotatable bonds is 6. The summed E-state index contributed by atoms with van der Waals surface area (Å²) in [4.78, 5) is 19.2. The zero-order valence-corrected chi connectivity index (χ0v) is 18.8. The molecule has 33 heavy (non-hydrogen) atoms. The summed E-state index contributed by atoms with van der Waals surface area (Å²) in [6, 6.07) is 11.3. The Kier molecular flexibility index (Phi) is 6.54. The third-order valence-electron chi connectivity index (χ3n) is 5.68. The Morgan fingerprint density at radius 3 is 2.82 bits per heavy atom. The standard InChI is InChI=1S/C22H24FN5O4S/c1-14(21(29)25-18-8-3-9-19(12-18)33(24,30)31)28-10-4-6-16(13-28)22-26-20(27-32-22)15-5-2-7-17(23)11-15/h2-3,5,7-9,11-12,14,16H,4,6,10,13H2,1H3,(H,25,29)(H2,24,30,31). The molecule has 2 aromatic carbocycles. The number of hydrogen-bond donors (Lipinski definition) is 2. The molecule has 0 bridgehead atoms. The quantitative estimate of drug-likeness (QED) is 0.563. The normalized spacial score (nSPS) is 18.1. The first kappa shape index (κ1) is 23.0. The molecule has 3 aromatic rings. The molecule has 2 heterocycles. The van der Waals surface area contributed by atoms with Gasteiger partial charge in [-0.15, -0.1) is 0 Å². The molecule has 1 aliphatic heterocycles. The minimum Gasteiger partial charge on any atom is -0.339 e. The molecule has 174 valence electrons. The molecule has 1 aromatic heterocycles. The number of anilines is 1. The Morgan fingerprint density at radius 2 is 2.06 bits per heavy atom. The maximum atomic E-state index is 13.5. The van der Waals surface area contributed by atoms with Crippen molar-refractivity contribution in [3.05, 3.63) is 60.2 Å². The summed E-state index contributed by atoms with van der Waals surface area (Å²) in [6.07, 6.45) is 1.66. The Labute approximate surface area is 190 Å². The summed E-state index contributed by atoms with van der Waals surface area (Å²) in [5.41, 5.74) is 0.885. The number of aromatic nitrogens is 2. The number of carbonyl (C=O) groups is 1. The van der Waals surface area contributed by atoms with E-state index in [4.69, 9.17) is 9.66 Å². The molecule has 1 amide bonds. The summed E-state index contributed by atoms with van der Waals surface area (Å²) < 4.78 is 42.0. The van der Waals surface area contributed by atoms with Crippen LogP contribution >= 0.6 is 0 Å². The van der Waals surface area contributed by atoms with Crippen LogP contribution in [-0.2, 0) is 14.8 Å². The molecular formula is C22H24FN5O4S. The van der Waals surface area contributed by atoms with Crippen molar-refractivity contribution >= 4 is 21.6 Å². The number of nitrogens with two attached hydrogens (primary N) is 1. The van der Waals surface area contributed by atoms with Crippen LogP contribution < -0.4 is 10.5 Å². The minimum atomic E-state index is -3.87. The van der Waals surface area contributed by atoms with Gasteiger partial charge in [0.2, 0.25) is 27.6 Å². The van der Waals surface area contributed by atoms with E-state index in [2.05, 4.69) is 15.5 Å². The van der Waals surface area contributed by atoms with Crippen molar-refractivity contribution in [3.63, 3.8) is 0 Å². The number of amides is 1. The van der Waals surface area contributed by atoms with E-state index >= 15 is 0 Å². The Morgan fingerprint density at radius 1 is 1.27 bits per heavy atom. The first-order chi connectivity index (χ1) is 15.7. The predicted molar refractivity (Wildman–Crippen MR) is 119 cm³/mol. The first-order valence-electron chi connectivity index (χ1n) is 10.5. The van der Waals surface area contributed by atoms with E-state index in [1.54, 1.807) is 25.1 Å². The second-order valence-electron chi connectivity index (χ2n) is 8.04. The molecule has 1 fully saturated rings. The fourth-order valence-corrected chi connectivity index (χ4v) is 4.43. The number of benzene rings is 2. The number of hydrogen-bond acceptors (Lipinski definition) is 7. The lowest BCUT2D eigenvalue weighted by molar-refractivity contribution is -0.121. The van der Waals surface area contributed by atoms with Gasteiger partial charge < -0.3 is 9.84 Å². The van der Waals surface area contributed by atoms with Crippen molar-refractivity contribution in [1.82, 2.24) is 15.0 Å². The van der Waals surface area contributed by atoms with Gasteiger partial charge in [0.05, 0.1) is 16.9 Å². The summed E-state index contributed by atoms with van der Waals surface area (Å²) in [5, 5.41) is 11.9. The van der Waals surface area contributed by atoms with Gasteiger partial charge in [0.1, 0.15) is 5.82 Å². The number of carbonyl (C=O) groups excluding carboxylic acids is 1. The van der Waals surface area contributed by atoms with Crippen molar-refractivity contribution in [2.45, 2.75) is 36.6 Å². The highest BCUT2D eigenvalue weighted by Crippen LogP contribution is 2.29. The minimum absolute atomic E-state index is 0.0606. The van der Waals surface area contributed by atoms with Gasteiger partial charge in [-0.3, -0.25) is 9.69 Å². The maximum Gasteiger partial charge on any atom is 0.241 e. The smallest absolute Gasteiger partial charge is 0.241 e. The molecule has 2 unspecified atom stereocenters. The van der Waals surface area contributed by atoms with Crippen molar-refractivity contribution in [2.24, 2.45) is 5.14 Å². The van der Waals surface area contributed by atoms with Gasteiger partial charge in [-0.25, -0.2) is 17.9 Å². The van der Waals surface area contributed by atoms with Crippen LogP contribution in [0.5, 0.6) is 0 Å². The van der Waals surface area contributed by atoms with Crippen LogP contribution in [0, 0.1) is 5.82 Å². The molecular weight excluding hydrogens is 449 g/mol. The predicted octanol–water partition coefficient (Wildman–Crippen LogP) is 2.73. The lowest BCUT2D eigenvalue weighted by Crippen LogP contribution is -2.46. The van der Waals surface area contributed by atoms with Crippen molar-refractivity contribution in [2.75, 3.05) is 18.4 Å². The number of sulfonamides is 1. The van der Waals surface area contributed by atoms with Crippen LogP contribution in [0.25, 0.3) is 11.4 Å². The van der Waals surface area contributed by atoms with Gasteiger partial charge in [-0.1, -0.05) is 23.4 Å². The van der Waals surface area contributed by atoms with E-state index in [0.29, 0.717) is 36.1 Å².